The van der Waals surface area contributed by atoms with Gasteiger partial charge in [-0.1, -0.05) is 23.7 Å². The van der Waals surface area contributed by atoms with Crippen LogP contribution < -0.4 is 0 Å². The molecule has 1 aromatic rings. The molecule has 0 aliphatic rings. The summed E-state index contributed by atoms with van der Waals surface area (Å²) in [4.78, 5) is 26.4. The summed E-state index contributed by atoms with van der Waals surface area (Å²) in [5.74, 6) is -1.12. The molecule has 0 spiro atoms. The van der Waals surface area contributed by atoms with Crippen molar-refractivity contribution in [2.45, 2.75) is 26.4 Å². The number of carbonyl (C=O) groups is 2. The van der Waals surface area contributed by atoms with Crippen molar-refractivity contribution >= 4 is 23.4 Å². The van der Waals surface area contributed by atoms with Gasteiger partial charge in [-0.25, -0.2) is 4.79 Å². The summed E-state index contributed by atoms with van der Waals surface area (Å²) in [7, 11) is 3.45. The first-order valence-corrected chi connectivity index (χ1v) is 6.90. The van der Waals surface area contributed by atoms with Crippen LogP contribution in [0.5, 0.6) is 0 Å². The number of halogens is 1. The average molecular weight is 310 g/mol. The van der Waals surface area contributed by atoms with Crippen LogP contribution in [0, 0.1) is 0 Å². The number of carbonyl (C=O) groups excluding carboxylic acids is 2. The minimum atomic E-state index is -0.677. The molecule has 0 heterocycles. The van der Waals surface area contributed by atoms with E-state index in [4.69, 9.17) is 16.3 Å². The molecule has 0 aliphatic heterocycles. The molecule has 5 heteroatoms. The fourth-order valence-corrected chi connectivity index (χ4v) is 1.81. The molecule has 0 bridgehead atoms. The third kappa shape index (κ3) is 5.23. The zero-order valence-corrected chi connectivity index (χ0v) is 13.7. The fraction of sp³-hybridized carbons (Fsp3) is 0.375. The van der Waals surface area contributed by atoms with Crippen LogP contribution in [-0.2, 0) is 9.53 Å². The topological polar surface area (TPSA) is 46.6 Å². The Kier molecular flexibility index (Phi) is 5.55. The van der Waals surface area contributed by atoms with Crippen molar-refractivity contribution in [2.24, 2.45) is 0 Å². The lowest BCUT2D eigenvalue weighted by Gasteiger charge is -2.21. The number of hydrogen-bond acceptors (Lipinski definition) is 4. The van der Waals surface area contributed by atoms with Crippen LogP contribution >= 0.6 is 11.6 Å². The van der Waals surface area contributed by atoms with Crippen LogP contribution in [0.2, 0.25) is 5.02 Å². The third-order valence-electron chi connectivity index (χ3n) is 2.37. The second kappa shape index (κ2) is 6.76. The van der Waals surface area contributed by atoms with Gasteiger partial charge in [-0.05, 0) is 32.9 Å². The molecule has 0 aliphatic carbocycles. The molecule has 0 fully saturated rings. The van der Waals surface area contributed by atoms with Gasteiger partial charge in [0.1, 0.15) is 11.2 Å². The summed E-state index contributed by atoms with van der Waals surface area (Å²) in [6.07, 6.45) is 1.44. The summed E-state index contributed by atoms with van der Waals surface area (Å²) in [6.45, 7) is 5.24. The first-order chi connectivity index (χ1) is 9.61. The molecule has 0 radical (unpaired) electrons. The van der Waals surface area contributed by atoms with Crippen LogP contribution in [0.3, 0.4) is 0 Å². The Labute approximate surface area is 130 Å². The van der Waals surface area contributed by atoms with Crippen LogP contribution in [0.4, 0.5) is 0 Å². The minimum absolute atomic E-state index is 0.0528. The second-order valence-corrected chi connectivity index (χ2v) is 6.22. The van der Waals surface area contributed by atoms with Gasteiger partial charge in [-0.2, -0.15) is 0 Å². The van der Waals surface area contributed by atoms with Gasteiger partial charge < -0.3 is 9.64 Å². The summed E-state index contributed by atoms with van der Waals surface area (Å²) < 4.78 is 5.29. The standard InChI is InChI=1S/C16H20ClNO3/c1-16(2,3)21-15(20)12(10-18(4)5)14(19)11-8-6-7-9-13(11)17/h6-10H,1-5H3. The van der Waals surface area contributed by atoms with E-state index in [0.29, 0.717) is 5.02 Å². The Bertz CT molecular complexity index is 571. The maximum absolute atomic E-state index is 12.5. The predicted octanol–water partition coefficient (Wildman–Crippen LogP) is 3.31. The Balaban J connectivity index is 3.19. The SMILES string of the molecule is CN(C)C=C(C(=O)OC(C)(C)C)C(=O)c1ccccc1Cl. The van der Waals surface area contributed by atoms with Crippen LogP contribution in [0.25, 0.3) is 0 Å². The first kappa shape index (κ1) is 17.2. The molecular formula is C16H20ClNO3. The molecule has 0 saturated heterocycles. The van der Waals surface area contributed by atoms with E-state index in [9.17, 15) is 9.59 Å². The molecule has 0 unspecified atom stereocenters. The fourth-order valence-electron chi connectivity index (χ4n) is 1.59. The highest BCUT2D eigenvalue weighted by molar-refractivity contribution is 6.36. The summed E-state index contributed by atoms with van der Waals surface area (Å²) in [5.41, 5.74) is -0.454. The maximum atomic E-state index is 12.5. The second-order valence-electron chi connectivity index (χ2n) is 5.82. The Morgan fingerprint density at radius 3 is 2.24 bits per heavy atom. The number of esters is 1. The summed E-state index contributed by atoms with van der Waals surface area (Å²) in [5, 5.41) is 0.302. The molecule has 0 N–H and O–H groups in total. The van der Waals surface area contributed by atoms with Gasteiger partial charge in [0.25, 0.3) is 0 Å². The number of Topliss-reactive ketones (excluding diaryl/α,β-unsaturated/α-hetero) is 1. The zero-order valence-electron chi connectivity index (χ0n) is 12.9. The van der Waals surface area contributed by atoms with Gasteiger partial charge in [0.2, 0.25) is 5.78 Å². The van der Waals surface area contributed by atoms with E-state index in [2.05, 4.69) is 0 Å². The van der Waals surface area contributed by atoms with Gasteiger partial charge in [0.05, 0.1) is 5.02 Å². The number of ether oxygens (including phenoxy) is 1. The van der Waals surface area contributed by atoms with E-state index < -0.39 is 17.4 Å². The molecule has 0 atom stereocenters. The number of benzene rings is 1. The maximum Gasteiger partial charge on any atom is 0.344 e. The van der Waals surface area contributed by atoms with Gasteiger partial charge in [0.15, 0.2) is 0 Å². The van der Waals surface area contributed by atoms with Crippen molar-refractivity contribution < 1.29 is 14.3 Å². The molecule has 21 heavy (non-hydrogen) atoms. The number of rotatable bonds is 4. The van der Waals surface area contributed by atoms with Crippen molar-refractivity contribution in [1.29, 1.82) is 0 Å². The smallest absolute Gasteiger partial charge is 0.344 e. The van der Waals surface area contributed by atoms with Crippen molar-refractivity contribution in [3.63, 3.8) is 0 Å². The Morgan fingerprint density at radius 1 is 1.19 bits per heavy atom. The number of hydrogen-bond donors (Lipinski definition) is 0. The quantitative estimate of drug-likeness (QED) is 0.281. The lowest BCUT2D eigenvalue weighted by Crippen LogP contribution is -2.28. The normalized spacial score (nSPS) is 12.0. The highest BCUT2D eigenvalue weighted by Crippen LogP contribution is 2.21. The third-order valence-corrected chi connectivity index (χ3v) is 2.70. The largest absolute Gasteiger partial charge is 0.456 e. The molecule has 4 nitrogen and oxygen atoms in total. The Morgan fingerprint density at radius 2 is 1.76 bits per heavy atom. The van der Waals surface area contributed by atoms with Crippen molar-refractivity contribution in [1.82, 2.24) is 4.90 Å². The zero-order chi connectivity index (χ0) is 16.2. The highest BCUT2D eigenvalue weighted by atomic mass is 35.5. The van der Waals surface area contributed by atoms with E-state index in [0.717, 1.165) is 0 Å². The lowest BCUT2D eigenvalue weighted by molar-refractivity contribution is -0.149. The summed E-state index contributed by atoms with van der Waals surface area (Å²) in [6, 6.07) is 6.61. The Hall–Kier alpha value is -1.81. The molecule has 0 amide bonds. The van der Waals surface area contributed by atoms with Gasteiger partial charge in [0, 0.05) is 25.9 Å². The molecule has 1 rings (SSSR count). The molecule has 0 aromatic heterocycles. The van der Waals surface area contributed by atoms with E-state index in [-0.39, 0.29) is 11.1 Å². The average Bonchev–Trinajstić information content (AvgIpc) is 2.33. The van der Waals surface area contributed by atoms with Gasteiger partial charge in [-0.15, -0.1) is 0 Å². The van der Waals surface area contributed by atoms with E-state index in [1.165, 1.54) is 6.20 Å². The van der Waals surface area contributed by atoms with Gasteiger partial charge >= 0.3 is 5.97 Å². The molecule has 0 saturated carbocycles. The van der Waals surface area contributed by atoms with Crippen molar-refractivity contribution in [3.05, 3.63) is 46.6 Å². The van der Waals surface area contributed by atoms with Crippen molar-refractivity contribution in [2.75, 3.05) is 14.1 Å². The molecule has 1 aromatic carbocycles. The van der Waals surface area contributed by atoms with Crippen LogP contribution in [-0.4, -0.2) is 36.3 Å². The van der Waals surface area contributed by atoms with E-state index in [1.807, 2.05) is 0 Å². The van der Waals surface area contributed by atoms with E-state index >= 15 is 0 Å². The van der Waals surface area contributed by atoms with Crippen LogP contribution in [0.1, 0.15) is 31.1 Å². The molecule has 114 valence electrons. The monoisotopic (exact) mass is 309 g/mol. The first-order valence-electron chi connectivity index (χ1n) is 6.52. The predicted molar refractivity (Wildman–Crippen MR) is 83.4 cm³/mol. The minimum Gasteiger partial charge on any atom is -0.456 e. The highest BCUT2D eigenvalue weighted by Gasteiger charge is 2.27. The summed E-state index contributed by atoms with van der Waals surface area (Å²) >= 11 is 6.02. The molecular weight excluding hydrogens is 290 g/mol. The number of nitrogens with zero attached hydrogens (tertiary/aromatic N) is 1. The van der Waals surface area contributed by atoms with E-state index in [1.54, 1.807) is 64.0 Å². The van der Waals surface area contributed by atoms with Crippen molar-refractivity contribution in [3.8, 4) is 0 Å². The number of ketones is 1. The van der Waals surface area contributed by atoms with Gasteiger partial charge in [-0.3, -0.25) is 4.79 Å². The lowest BCUT2D eigenvalue weighted by atomic mass is 10.0. The van der Waals surface area contributed by atoms with Crippen LogP contribution in [0.15, 0.2) is 36.0 Å².